The molecule has 0 saturated heterocycles. The molecule has 1 aliphatic carbocycles. The van der Waals surface area contributed by atoms with Crippen molar-refractivity contribution in [2.24, 2.45) is 0 Å². The summed E-state index contributed by atoms with van der Waals surface area (Å²) >= 11 is 5.09. The van der Waals surface area contributed by atoms with Crippen molar-refractivity contribution in [3.8, 4) is 0 Å². The summed E-state index contributed by atoms with van der Waals surface area (Å²) < 4.78 is 0.967. The Hall–Kier alpha value is -0.350. The van der Waals surface area contributed by atoms with Crippen LogP contribution in [0.1, 0.15) is 35.4 Å². The third-order valence-corrected chi connectivity index (χ3v) is 5.25. The molecule has 0 amide bonds. The largest absolute Gasteiger partial charge is 0.481 e. The molecule has 2 nitrogen and oxygen atoms in total. The van der Waals surface area contributed by atoms with E-state index < -0.39 is 11.4 Å². The molecule has 1 fully saturated rings. The number of hydrogen-bond donors (Lipinski definition) is 1. The SMILES string of the molecule is Cc1cc(Br)c(C2(C(=O)O)CCCC2)s1. The van der Waals surface area contributed by atoms with Crippen molar-refractivity contribution >= 4 is 33.2 Å². The van der Waals surface area contributed by atoms with Crippen LogP contribution in [-0.2, 0) is 10.2 Å². The van der Waals surface area contributed by atoms with E-state index in [9.17, 15) is 9.90 Å². The van der Waals surface area contributed by atoms with Crippen molar-refractivity contribution in [3.63, 3.8) is 0 Å². The second kappa shape index (κ2) is 3.91. The Kier molecular flexibility index (Phi) is 2.90. The van der Waals surface area contributed by atoms with Gasteiger partial charge in [-0.2, -0.15) is 0 Å². The normalized spacial score (nSPS) is 19.3. The molecule has 0 aromatic carbocycles. The molecule has 0 bridgehead atoms. The molecule has 1 heterocycles. The van der Waals surface area contributed by atoms with Gasteiger partial charge in [0.15, 0.2) is 0 Å². The van der Waals surface area contributed by atoms with Crippen LogP contribution in [0, 0.1) is 6.92 Å². The fourth-order valence-electron chi connectivity index (χ4n) is 2.33. The van der Waals surface area contributed by atoms with Gasteiger partial charge in [-0.1, -0.05) is 12.8 Å². The molecule has 2 rings (SSSR count). The van der Waals surface area contributed by atoms with Gasteiger partial charge in [-0.15, -0.1) is 11.3 Å². The Bertz CT molecular complexity index is 391. The zero-order chi connectivity index (χ0) is 11.1. The first-order valence-electron chi connectivity index (χ1n) is 5.06. The number of carboxylic acid groups (broad SMARTS) is 1. The maximum atomic E-state index is 11.5. The standard InChI is InChI=1S/C11H13BrO2S/c1-7-6-8(12)9(15-7)11(10(13)14)4-2-3-5-11/h6H,2-5H2,1H3,(H,13,14). The predicted octanol–water partition coefficient (Wildman–Crippen LogP) is 3.72. The van der Waals surface area contributed by atoms with E-state index in [-0.39, 0.29) is 0 Å². The maximum absolute atomic E-state index is 11.5. The molecule has 0 radical (unpaired) electrons. The third-order valence-electron chi connectivity index (χ3n) is 3.11. The number of halogens is 1. The molecule has 0 unspecified atom stereocenters. The highest BCUT2D eigenvalue weighted by atomic mass is 79.9. The summed E-state index contributed by atoms with van der Waals surface area (Å²) in [5, 5.41) is 9.44. The van der Waals surface area contributed by atoms with E-state index >= 15 is 0 Å². The van der Waals surface area contributed by atoms with Crippen molar-refractivity contribution in [1.29, 1.82) is 0 Å². The number of aliphatic carboxylic acids is 1. The van der Waals surface area contributed by atoms with Crippen molar-refractivity contribution in [1.82, 2.24) is 0 Å². The fourth-order valence-corrected chi connectivity index (χ4v) is 4.59. The van der Waals surface area contributed by atoms with Gasteiger partial charge >= 0.3 is 5.97 Å². The Balaban J connectivity index is 2.49. The molecule has 82 valence electrons. The van der Waals surface area contributed by atoms with E-state index in [0.29, 0.717) is 0 Å². The zero-order valence-corrected chi connectivity index (χ0v) is 10.9. The first-order valence-corrected chi connectivity index (χ1v) is 6.67. The van der Waals surface area contributed by atoms with Gasteiger partial charge < -0.3 is 5.11 Å². The number of rotatable bonds is 2. The van der Waals surface area contributed by atoms with Crippen LogP contribution in [0.5, 0.6) is 0 Å². The molecule has 1 saturated carbocycles. The van der Waals surface area contributed by atoms with Crippen LogP contribution in [0.4, 0.5) is 0 Å². The van der Waals surface area contributed by atoms with Crippen LogP contribution in [0.3, 0.4) is 0 Å². The predicted molar refractivity (Wildman–Crippen MR) is 64.5 cm³/mol. The molecule has 0 aliphatic heterocycles. The molecular formula is C11H13BrO2S. The van der Waals surface area contributed by atoms with Crippen molar-refractivity contribution in [2.45, 2.75) is 38.0 Å². The van der Waals surface area contributed by atoms with E-state index in [1.54, 1.807) is 11.3 Å². The first kappa shape index (κ1) is 11.1. The number of hydrogen-bond acceptors (Lipinski definition) is 2. The van der Waals surface area contributed by atoms with Crippen LogP contribution < -0.4 is 0 Å². The third kappa shape index (κ3) is 1.74. The first-order chi connectivity index (χ1) is 7.06. The molecule has 0 atom stereocenters. The Morgan fingerprint density at radius 1 is 1.53 bits per heavy atom. The minimum Gasteiger partial charge on any atom is -0.481 e. The van der Waals surface area contributed by atoms with Gasteiger partial charge in [-0.25, -0.2) is 0 Å². The van der Waals surface area contributed by atoms with Crippen LogP contribution in [0.15, 0.2) is 10.5 Å². The highest BCUT2D eigenvalue weighted by Crippen LogP contribution is 2.47. The lowest BCUT2D eigenvalue weighted by atomic mass is 9.85. The minimum absolute atomic E-state index is 0.613. The Labute approximate surface area is 101 Å². The lowest BCUT2D eigenvalue weighted by Crippen LogP contribution is -2.31. The lowest BCUT2D eigenvalue weighted by molar-refractivity contribution is -0.143. The smallest absolute Gasteiger partial charge is 0.315 e. The topological polar surface area (TPSA) is 37.3 Å². The number of carboxylic acids is 1. The Morgan fingerprint density at radius 3 is 2.53 bits per heavy atom. The summed E-state index contributed by atoms with van der Waals surface area (Å²) in [5.74, 6) is -0.664. The average Bonchev–Trinajstić information content (AvgIpc) is 2.72. The molecule has 4 heteroatoms. The highest BCUT2D eigenvalue weighted by molar-refractivity contribution is 9.10. The van der Waals surface area contributed by atoms with Gasteiger partial charge in [-0.3, -0.25) is 4.79 Å². The van der Waals surface area contributed by atoms with Crippen LogP contribution in [0.2, 0.25) is 0 Å². The summed E-state index contributed by atoms with van der Waals surface area (Å²) in [6.07, 6.45) is 3.60. The van der Waals surface area contributed by atoms with Gasteiger partial charge in [0, 0.05) is 14.2 Å². The quantitative estimate of drug-likeness (QED) is 0.901. The molecule has 1 aliphatic rings. The summed E-state index contributed by atoms with van der Waals surface area (Å²) in [5.41, 5.74) is -0.613. The number of thiophene rings is 1. The van der Waals surface area contributed by atoms with Crippen LogP contribution >= 0.6 is 27.3 Å². The monoisotopic (exact) mass is 288 g/mol. The van der Waals surface area contributed by atoms with Crippen molar-refractivity contribution in [2.75, 3.05) is 0 Å². The molecule has 1 aromatic heterocycles. The summed E-state index contributed by atoms with van der Waals surface area (Å²) in [4.78, 5) is 13.6. The van der Waals surface area contributed by atoms with Gasteiger partial charge in [0.25, 0.3) is 0 Å². The van der Waals surface area contributed by atoms with E-state index in [4.69, 9.17) is 0 Å². The molecule has 15 heavy (non-hydrogen) atoms. The van der Waals surface area contributed by atoms with Gasteiger partial charge in [0.1, 0.15) is 5.41 Å². The lowest BCUT2D eigenvalue weighted by Gasteiger charge is -2.22. The van der Waals surface area contributed by atoms with E-state index in [0.717, 1.165) is 35.0 Å². The molecule has 1 aromatic rings. The highest BCUT2D eigenvalue weighted by Gasteiger charge is 2.45. The second-order valence-corrected chi connectivity index (χ2v) is 6.24. The van der Waals surface area contributed by atoms with Crippen LogP contribution in [0.25, 0.3) is 0 Å². The summed E-state index contributed by atoms with van der Waals surface area (Å²) in [6.45, 7) is 2.02. The number of aryl methyl sites for hydroxylation is 1. The zero-order valence-electron chi connectivity index (χ0n) is 8.55. The minimum atomic E-state index is -0.664. The van der Waals surface area contributed by atoms with Gasteiger partial charge in [0.05, 0.1) is 0 Å². The van der Waals surface area contributed by atoms with Gasteiger partial charge in [0.2, 0.25) is 0 Å². The van der Waals surface area contributed by atoms with Gasteiger partial charge in [-0.05, 0) is 41.8 Å². The Morgan fingerprint density at radius 2 is 2.13 bits per heavy atom. The van der Waals surface area contributed by atoms with E-state index in [2.05, 4.69) is 15.9 Å². The van der Waals surface area contributed by atoms with Crippen molar-refractivity contribution < 1.29 is 9.90 Å². The molecule has 0 spiro atoms. The summed E-state index contributed by atoms with van der Waals surface area (Å²) in [6, 6.07) is 2.02. The molecular weight excluding hydrogens is 276 g/mol. The van der Waals surface area contributed by atoms with Crippen LogP contribution in [-0.4, -0.2) is 11.1 Å². The summed E-state index contributed by atoms with van der Waals surface area (Å²) in [7, 11) is 0. The van der Waals surface area contributed by atoms with E-state index in [1.807, 2.05) is 13.0 Å². The van der Waals surface area contributed by atoms with Crippen molar-refractivity contribution in [3.05, 3.63) is 20.3 Å². The maximum Gasteiger partial charge on any atom is 0.315 e. The average molecular weight is 289 g/mol. The van der Waals surface area contributed by atoms with E-state index in [1.165, 1.54) is 4.88 Å². The molecule has 1 N–H and O–H groups in total. The fraction of sp³-hybridized carbons (Fsp3) is 0.545. The number of carbonyl (C=O) groups is 1. The second-order valence-electron chi connectivity index (χ2n) is 4.13.